The van der Waals surface area contributed by atoms with E-state index in [-0.39, 0.29) is 17.2 Å². The third-order valence-corrected chi connectivity index (χ3v) is 3.39. The Bertz CT molecular complexity index is 647. The van der Waals surface area contributed by atoms with Gasteiger partial charge in [-0.2, -0.15) is 0 Å². The van der Waals surface area contributed by atoms with Crippen LogP contribution in [0.4, 0.5) is 5.69 Å². The molecule has 5 nitrogen and oxygen atoms in total. The summed E-state index contributed by atoms with van der Waals surface area (Å²) in [5.41, 5.74) is 6.52. The lowest BCUT2D eigenvalue weighted by atomic mass is 10.2. The standard InChI is InChI=1S/C15H15IN2O3/c16-10-4-5-14(19)13(8-10)15(20)18-6-7-21-12-3-1-2-11(17)9-12/h1-5,8-9,19H,6-7,17H2,(H,18,20). The molecule has 2 rings (SSSR count). The van der Waals surface area contributed by atoms with Crippen LogP contribution in [0, 0.1) is 3.57 Å². The Morgan fingerprint density at radius 3 is 2.86 bits per heavy atom. The van der Waals surface area contributed by atoms with Gasteiger partial charge in [0.15, 0.2) is 0 Å². The number of hydrogen-bond acceptors (Lipinski definition) is 4. The van der Waals surface area contributed by atoms with Crippen molar-refractivity contribution in [1.82, 2.24) is 5.32 Å². The van der Waals surface area contributed by atoms with E-state index in [1.165, 1.54) is 6.07 Å². The first-order valence-electron chi connectivity index (χ1n) is 6.31. The number of phenolic OH excluding ortho intramolecular Hbond substituents is 1. The third-order valence-electron chi connectivity index (χ3n) is 2.72. The predicted octanol–water partition coefficient (Wildman–Crippen LogP) is 2.39. The van der Waals surface area contributed by atoms with Crippen LogP contribution in [-0.4, -0.2) is 24.2 Å². The molecule has 0 saturated carbocycles. The van der Waals surface area contributed by atoms with Crippen molar-refractivity contribution >= 4 is 34.2 Å². The van der Waals surface area contributed by atoms with Gasteiger partial charge in [0.05, 0.1) is 12.1 Å². The van der Waals surface area contributed by atoms with Crippen molar-refractivity contribution in [2.24, 2.45) is 0 Å². The average Bonchev–Trinajstić information content (AvgIpc) is 2.46. The molecule has 0 heterocycles. The van der Waals surface area contributed by atoms with Crippen LogP contribution in [0.5, 0.6) is 11.5 Å². The van der Waals surface area contributed by atoms with Gasteiger partial charge in [0.25, 0.3) is 5.91 Å². The minimum absolute atomic E-state index is 0.0373. The molecule has 110 valence electrons. The molecule has 0 fully saturated rings. The lowest BCUT2D eigenvalue weighted by molar-refractivity contribution is 0.0944. The minimum Gasteiger partial charge on any atom is -0.507 e. The molecule has 6 heteroatoms. The van der Waals surface area contributed by atoms with E-state index >= 15 is 0 Å². The number of carbonyl (C=O) groups is 1. The summed E-state index contributed by atoms with van der Waals surface area (Å²) in [4.78, 5) is 11.9. The molecule has 0 saturated heterocycles. The topological polar surface area (TPSA) is 84.6 Å². The fourth-order valence-electron chi connectivity index (χ4n) is 1.72. The number of nitrogens with one attached hydrogen (secondary N) is 1. The quantitative estimate of drug-likeness (QED) is 0.410. The first-order chi connectivity index (χ1) is 10.1. The number of anilines is 1. The van der Waals surface area contributed by atoms with Crippen LogP contribution in [0.15, 0.2) is 42.5 Å². The largest absolute Gasteiger partial charge is 0.507 e. The molecule has 0 radical (unpaired) electrons. The van der Waals surface area contributed by atoms with Crippen LogP contribution >= 0.6 is 22.6 Å². The monoisotopic (exact) mass is 398 g/mol. The normalized spacial score (nSPS) is 10.1. The average molecular weight is 398 g/mol. The van der Waals surface area contributed by atoms with Crippen molar-refractivity contribution in [2.75, 3.05) is 18.9 Å². The van der Waals surface area contributed by atoms with E-state index < -0.39 is 0 Å². The summed E-state index contributed by atoms with van der Waals surface area (Å²) in [5, 5.41) is 12.4. The van der Waals surface area contributed by atoms with E-state index in [9.17, 15) is 9.90 Å². The lowest BCUT2D eigenvalue weighted by Crippen LogP contribution is -2.28. The van der Waals surface area contributed by atoms with Crippen LogP contribution < -0.4 is 15.8 Å². The van der Waals surface area contributed by atoms with Crippen molar-refractivity contribution in [3.8, 4) is 11.5 Å². The second-order valence-electron chi connectivity index (χ2n) is 4.34. The molecule has 0 unspecified atom stereocenters. The van der Waals surface area contributed by atoms with Gasteiger partial charge in [-0.3, -0.25) is 4.79 Å². The summed E-state index contributed by atoms with van der Waals surface area (Å²) in [5.74, 6) is 0.285. The van der Waals surface area contributed by atoms with E-state index in [4.69, 9.17) is 10.5 Å². The number of amides is 1. The fraction of sp³-hybridized carbons (Fsp3) is 0.133. The van der Waals surface area contributed by atoms with Gasteiger partial charge in [0, 0.05) is 15.3 Å². The zero-order chi connectivity index (χ0) is 15.2. The van der Waals surface area contributed by atoms with Gasteiger partial charge in [0.2, 0.25) is 0 Å². The van der Waals surface area contributed by atoms with Gasteiger partial charge in [-0.05, 0) is 52.9 Å². The smallest absolute Gasteiger partial charge is 0.255 e. The number of hydrogen-bond donors (Lipinski definition) is 3. The molecule has 21 heavy (non-hydrogen) atoms. The number of benzene rings is 2. The van der Waals surface area contributed by atoms with Gasteiger partial charge < -0.3 is 20.9 Å². The van der Waals surface area contributed by atoms with E-state index in [2.05, 4.69) is 27.9 Å². The number of carbonyl (C=O) groups excluding carboxylic acids is 1. The first-order valence-corrected chi connectivity index (χ1v) is 7.39. The summed E-state index contributed by atoms with van der Waals surface area (Å²) < 4.78 is 6.35. The Kier molecular flexibility index (Phi) is 5.26. The summed E-state index contributed by atoms with van der Waals surface area (Å²) in [6, 6.07) is 11.9. The van der Waals surface area contributed by atoms with E-state index in [1.807, 2.05) is 0 Å². The number of ether oxygens (including phenoxy) is 1. The van der Waals surface area contributed by atoms with Gasteiger partial charge >= 0.3 is 0 Å². The van der Waals surface area contributed by atoms with E-state index in [0.717, 1.165) is 3.57 Å². The molecule has 2 aromatic carbocycles. The van der Waals surface area contributed by atoms with E-state index in [0.29, 0.717) is 24.6 Å². The molecule has 0 aliphatic heterocycles. The second kappa shape index (κ2) is 7.16. The molecule has 1 amide bonds. The molecule has 0 bridgehead atoms. The highest BCUT2D eigenvalue weighted by molar-refractivity contribution is 14.1. The molecule has 0 aromatic heterocycles. The van der Waals surface area contributed by atoms with Gasteiger partial charge in [-0.1, -0.05) is 6.07 Å². The number of halogens is 1. The highest BCUT2D eigenvalue weighted by atomic mass is 127. The highest BCUT2D eigenvalue weighted by Gasteiger charge is 2.10. The van der Waals surface area contributed by atoms with Crippen LogP contribution in [0.3, 0.4) is 0 Å². The maximum Gasteiger partial charge on any atom is 0.255 e. The molecule has 0 spiro atoms. The maximum absolute atomic E-state index is 11.9. The number of nitrogen functional groups attached to an aromatic ring is 1. The first kappa shape index (κ1) is 15.4. The summed E-state index contributed by atoms with van der Waals surface area (Å²) >= 11 is 2.08. The van der Waals surface area contributed by atoms with Crippen LogP contribution in [-0.2, 0) is 0 Å². The maximum atomic E-state index is 11.9. The Morgan fingerprint density at radius 2 is 2.10 bits per heavy atom. The number of phenols is 1. The molecule has 0 aliphatic carbocycles. The minimum atomic E-state index is -0.331. The van der Waals surface area contributed by atoms with Crippen molar-refractivity contribution in [1.29, 1.82) is 0 Å². The Labute approximate surface area is 136 Å². The Morgan fingerprint density at radius 1 is 1.29 bits per heavy atom. The van der Waals surface area contributed by atoms with Gasteiger partial charge in [-0.25, -0.2) is 0 Å². The number of nitrogens with two attached hydrogens (primary N) is 1. The van der Waals surface area contributed by atoms with Gasteiger partial charge in [-0.15, -0.1) is 0 Å². The van der Waals surface area contributed by atoms with Crippen molar-refractivity contribution in [2.45, 2.75) is 0 Å². The fourth-order valence-corrected chi connectivity index (χ4v) is 2.21. The summed E-state index contributed by atoms with van der Waals surface area (Å²) in [6.45, 7) is 0.651. The number of aromatic hydroxyl groups is 1. The molecular formula is C15H15IN2O3. The van der Waals surface area contributed by atoms with Crippen LogP contribution in [0.1, 0.15) is 10.4 Å². The second-order valence-corrected chi connectivity index (χ2v) is 5.58. The van der Waals surface area contributed by atoms with Crippen molar-refractivity contribution in [3.63, 3.8) is 0 Å². The highest BCUT2D eigenvalue weighted by Crippen LogP contribution is 2.19. The molecule has 4 N–H and O–H groups in total. The zero-order valence-electron chi connectivity index (χ0n) is 11.2. The molecule has 2 aromatic rings. The summed E-state index contributed by atoms with van der Waals surface area (Å²) in [7, 11) is 0. The molecule has 0 aliphatic rings. The zero-order valence-corrected chi connectivity index (χ0v) is 13.3. The van der Waals surface area contributed by atoms with Crippen molar-refractivity contribution < 1.29 is 14.6 Å². The van der Waals surface area contributed by atoms with Crippen LogP contribution in [0.2, 0.25) is 0 Å². The third kappa shape index (κ3) is 4.52. The van der Waals surface area contributed by atoms with E-state index in [1.54, 1.807) is 36.4 Å². The Hall–Kier alpha value is -1.96. The molecular weight excluding hydrogens is 383 g/mol. The summed E-state index contributed by atoms with van der Waals surface area (Å²) in [6.07, 6.45) is 0. The number of rotatable bonds is 5. The lowest BCUT2D eigenvalue weighted by Gasteiger charge is -2.09. The van der Waals surface area contributed by atoms with Crippen molar-refractivity contribution in [3.05, 3.63) is 51.6 Å². The van der Waals surface area contributed by atoms with Crippen LogP contribution in [0.25, 0.3) is 0 Å². The SMILES string of the molecule is Nc1cccc(OCCNC(=O)c2cc(I)ccc2O)c1. The predicted molar refractivity (Wildman–Crippen MR) is 89.5 cm³/mol. The Balaban J connectivity index is 1.83. The van der Waals surface area contributed by atoms with Gasteiger partial charge in [0.1, 0.15) is 18.1 Å². The molecule has 0 atom stereocenters.